The molecular weight excluding hydrogens is 492 g/mol. The van der Waals surface area contributed by atoms with Crippen molar-refractivity contribution in [3.63, 3.8) is 0 Å². The van der Waals surface area contributed by atoms with Crippen molar-refractivity contribution in [2.75, 3.05) is 6.54 Å². The van der Waals surface area contributed by atoms with Crippen molar-refractivity contribution in [1.82, 2.24) is 35.4 Å². The molecule has 1 N–H and O–H groups in total. The Morgan fingerprint density at radius 2 is 2.05 bits per heavy atom. The van der Waals surface area contributed by atoms with Gasteiger partial charge in [0.15, 0.2) is 6.10 Å². The summed E-state index contributed by atoms with van der Waals surface area (Å²) in [5.74, 6) is -1.55. The molecule has 194 valence electrons. The number of hydrogen-bond donors (Lipinski definition) is 1. The lowest BCUT2D eigenvalue weighted by atomic mass is 10.00. The van der Waals surface area contributed by atoms with Crippen LogP contribution < -0.4 is 10.1 Å². The maximum atomic E-state index is 15.6. The predicted molar refractivity (Wildman–Crippen MR) is 122 cm³/mol. The highest BCUT2D eigenvalue weighted by molar-refractivity contribution is 5.73. The van der Waals surface area contributed by atoms with Gasteiger partial charge in [-0.3, -0.25) is 9.88 Å². The average molecular weight is 515 g/mol. The summed E-state index contributed by atoms with van der Waals surface area (Å²) in [5, 5.41) is 14.2. The number of aromatic nitrogens is 5. The van der Waals surface area contributed by atoms with Gasteiger partial charge in [0.1, 0.15) is 28.7 Å². The molecule has 0 aliphatic carbocycles. The van der Waals surface area contributed by atoms with Gasteiger partial charge in [0.25, 0.3) is 0 Å². The Kier molecular flexibility index (Phi) is 5.88. The van der Waals surface area contributed by atoms with Gasteiger partial charge >= 0.3 is 12.2 Å². The van der Waals surface area contributed by atoms with Crippen LogP contribution in [0.1, 0.15) is 26.3 Å². The monoisotopic (exact) mass is 515 g/mol. The van der Waals surface area contributed by atoms with E-state index in [0.717, 1.165) is 6.07 Å². The summed E-state index contributed by atoms with van der Waals surface area (Å²) in [6, 6.07) is 4.07. The molecule has 5 rings (SSSR count). The van der Waals surface area contributed by atoms with Crippen molar-refractivity contribution in [2.24, 2.45) is 7.05 Å². The van der Waals surface area contributed by atoms with Crippen LogP contribution in [0.4, 0.5) is 18.4 Å². The standard InChI is InChI=1S/C23H23F2N7O5/c1-23(2,3)37-21(33)27-9-16-20-32(22(34)36-16)10-12-15(35-20)7-13(24)17(18(12)25)11-5-6-14(26-8-11)19-28-30-31(4)29-19/h5-8,16,20H,9-10H2,1-4H3,(H,27,33)/t16-,20-/m0/s1. The third-order valence-electron chi connectivity index (χ3n) is 5.60. The Bertz CT molecular complexity index is 1370. The molecule has 0 saturated carbocycles. The zero-order valence-electron chi connectivity index (χ0n) is 20.4. The molecule has 0 unspecified atom stereocenters. The van der Waals surface area contributed by atoms with Crippen molar-refractivity contribution < 1.29 is 32.6 Å². The first-order chi connectivity index (χ1) is 17.5. The van der Waals surface area contributed by atoms with Crippen LogP contribution in [0.15, 0.2) is 24.4 Å². The summed E-state index contributed by atoms with van der Waals surface area (Å²) in [6.45, 7) is 4.81. The van der Waals surface area contributed by atoms with Crippen LogP contribution in [0.2, 0.25) is 0 Å². The Balaban J connectivity index is 1.37. The number of fused-ring (bicyclic) bond motifs is 2. The molecule has 2 aliphatic heterocycles. The number of amides is 2. The smallest absolute Gasteiger partial charge is 0.413 e. The Labute approximate surface area is 209 Å². The van der Waals surface area contributed by atoms with E-state index in [1.165, 1.54) is 28.0 Å². The Morgan fingerprint density at radius 1 is 1.27 bits per heavy atom. The van der Waals surface area contributed by atoms with Crippen LogP contribution >= 0.6 is 0 Å². The highest BCUT2D eigenvalue weighted by Crippen LogP contribution is 2.40. The van der Waals surface area contributed by atoms with Crippen LogP contribution in [0.25, 0.3) is 22.6 Å². The van der Waals surface area contributed by atoms with E-state index in [-0.39, 0.29) is 41.4 Å². The molecule has 14 heteroatoms. The number of carbonyl (C=O) groups excluding carboxylic acids is 2. The summed E-state index contributed by atoms with van der Waals surface area (Å²) < 4.78 is 46.9. The molecule has 1 fully saturated rings. The molecule has 2 amide bonds. The van der Waals surface area contributed by atoms with Crippen molar-refractivity contribution in [3.8, 4) is 28.4 Å². The lowest BCUT2D eigenvalue weighted by Crippen LogP contribution is -2.48. The van der Waals surface area contributed by atoms with E-state index in [2.05, 4.69) is 25.7 Å². The first-order valence-electron chi connectivity index (χ1n) is 11.3. The van der Waals surface area contributed by atoms with Gasteiger partial charge in [-0.25, -0.2) is 18.4 Å². The number of benzene rings is 1. The Hall–Kier alpha value is -4.36. The third-order valence-corrected chi connectivity index (χ3v) is 5.60. The fourth-order valence-electron chi connectivity index (χ4n) is 4.01. The van der Waals surface area contributed by atoms with Crippen LogP contribution in [0.5, 0.6) is 5.75 Å². The third kappa shape index (κ3) is 4.73. The summed E-state index contributed by atoms with van der Waals surface area (Å²) in [6.07, 6.45) is -2.05. The van der Waals surface area contributed by atoms with Crippen LogP contribution in [-0.2, 0) is 23.1 Å². The van der Waals surface area contributed by atoms with Crippen molar-refractivity contribution in [2.45, 2.75) is 45.2 Å². The minimum Gasteiger partial charge on any atom is -0.466 e. The SMILES string of the molecule is Cn1nnc(-c2ccc(-c3c(F)cc4c(c3F)CN3C(=O)O[C@@H](CNC(=O)OC(C)(C)C)[C@@H]3O4)cn2)n1. The van der Waals surface area contributed by atoms with E-state index in [1.807, 2.05) is 0 Å². The van der Waals surface area contributed by atoms with Gasteiger partial charge in [-0.05, 0) is 32.1 Å². The van der Waals surface area contributed by atoms with E-state index >= 15 is 8.78 Å². The first-order valence-corrected chi connectivity index (χ1v) is 11.3. The van der Waals surface area contributed by atoms with Crippen molar-refractivity contribution in [3.05, 3.63) is 41.6 Å². The molecule has 37 heavy (non-hydrogen) atoms. The fraction of sp³-hybridized carbons (Fsp3) is 0.391. The second-order valence-electron chi connectivity index (χ2n) is 9.50. The number of cyclic esters (lactones) is 1. The molecule has 0 radical (unpaired) electrons. The van der Waals surface area contributed by atoms with Gasteiger partial charge in [0.2, 0.25) is 12.1 Å². The molecule has 0 bridgehead atoms. The largest absolute Gasteiger partial charge is 0.466 e. The maximum Gasteiger partial charge on any atom is 0.413 e. The highest BCUT2D eigenvalue weighted by Gasteiger charge is 2.47. The predicted octanol–water partition coefficient (Wildman–Crippen LogP) is 2.78. The van der Waals surface area contributed by atoms with Crippen LogP contribution in [-0.4, -0.2) is 66.8 Å². The zero-order chi connectivity index (χ0) is 26.5. The molecule has 2 aromatic heterocycles. The summed E-state index contributed by atoms with van der Waals surface area (Å²) in [4.78, 5) is 31.1. The first kappa shape index (κ1) is 24.3. The number of nitrogens with zero attached hydrogens (tertiary/aromatic N) is 6. The topological polar surface area (TPSA) is 134 Å². The van der Waals surface area contributed by atoms with Crippen molar-refractivity contribution >= 4 is 12.2 Å². The summed E-state index contributed by atoms with van der Waals surface area (Å²) >= 11 is 0. The van der Waals surface area contributed by atoms with Gasteiger partial charge in [0, 0.05) is 17.8 Å². The second-order valence-corrected chi connectivity index (χ2v) is 9.50. The minimum atomic E-state index is -0.986. The molecule has 2 aliphatic rings. The molecule has 3 aromatic rings. The quantitative estimate of drug-likeness (QED) is 0.557. The fourth-order valence-corrected chi connectivity index (χ4v) is 4.01. The number of aryl methyl sites for hydroxylation is 1. The van der Waals surface area contributed by atoms with Crippen molar-refractivity contribution in [1.29, 1.82) is 0 Å². The molecule has 4 heterocycles. The highest BCUT2D eigenvalue weighted by atomic mass is 19.1. The second kappa shape index (κ2) is 8.94. The summed E-state index contributed by atoms with van der Waals surface area (Å²) in [7, 11) is 1.60. The van der Waals surface area contributed by atoms with Gasteiger partial charge in [-0.15, -0.1) is 10.2 Å². The molecule has 1 aromatic carbocycles. The van der Waals surface area contributed by atoms with Gasteiger partial charge in [-0.1, -0.05) is 6.07 Å². The number of rotatable bonds is 4. The van der Waals surface area contributed by atoms with Gasteiger partial charge in [0.05, 0.1) is 31.3 Å². The number of ether oxygens (including phenoxy) is 3. The number of halogens is 2. The number of carbonyl (C=O) groups is 2. The normalized spacial score (nSPS) is 18.5. The van der Waals surface area contributed by atoms with Crippen LogP contribution in [0, 0.1) is 11.6 Å². The molecule has 2 atom stereocenters. The molecule has 0 spiro atoms. The maximum absolute atomic E-state index is 15.6. The van der Waals surface area contributed by atoms with E-state index < -0.39 is 41.8 Å². The number of pyridine rings is 1. The lowest BCUT2D eigenvalue weighted by Gasteiger charge is -2.32. The van der Waals surface area contributed by atoms with Crippen LogP contribution in [0.3, 0.4) is 0 Å². The van der Waals surface area contributed by atoms with Gasteiger partial charge < -0.3 is 19.5 Å². The summed E-state index contributed by atoms with van der Waals surface area (Å²) in [5.41, 5.74) is -0.478. The number of nitrogens with one attached hydrogen (secondary N) is 1. The number of tetrazole rings is 1. The molecule has 1 saturated heterocycles. The lowest BCUT2D eigenvalue weighted by molar-refractivity contribution is 0.0133. The number of alkyl carbamates (subject to hydrolysis) is 1. The average Bonchev–Trinajstić information content (AvgIpc) is 3.39. The zero-order valence-corrected chi connectivity index (χ0v) is 20.4. The van der Waals surface area contributed by atoms with E-state index in [9.17, 15) is 9.59 Å². The minimum absolute atomic E-state index is 0.00924. The molecule has 12 nitrogen and oxygen atoms in total. The van der Waals surface area contributed by atoms with E-state index in [4.69, 9.17) is 14.2 Å². The number of hydrogen-bond acceptors (Lipinski definition) is 9. The van der Waals surface area contributed by atoms with E-state index in [0.29, 0.717) is 5.69 Å². The van der Waals surface area contributed by atoms with Gasteiger partial charge in [-0.2, -0.15) is 4.80 Å². The van der Waals surface area contributed by atoms with E-state index in [1.54, 1.807) is 27.8 Å². The Morgan fingerprint density at radius 3 is 2.70 bits per heavy atom. The molecular formula is C23H23F2N7O5.